The number of Topliss-reactive ketones (excluding diaryl/α,β-unsaturated/α-hetero) is 1. The number of hydrogen-bond donors (Lipinski definition) is 0. The quantitative estimate of drug-likeness (QED) is 0.633. The molecule has 3 aromatic rings. The smallest absolute Gasteiger partial charge is 0.180 e. The topological polar surface area (TPSA) is 69.9 Å². The third kappa shape index (κ3) is 4.06. The average molecular weight is 366 g/mol. The average Bonchev–Trinajstić information content (AvgIpc) is 2.93. The Hall–Kier alpha value is -2.60. The van der Waals surface area contributed by atoms with Crippen molar-refractivity contribution in [1.29, 1.82) is 0 Å². The number of benzene rings is 1. The summed E-state index contributed by atoms with van der Waals surface area (Å²) in [5.41, 5.74) is 4.32. The van der Waals surface area contributed by atoms with E-state index in [2.05, 4.69) is 41.9 Å². The molecule has 0 fully saturated rings. The van der Waals surface area contributed by atoms with Crippen molar-refractivity contribution in [3.8, 4) is 11.1 Å². The molecule has 6 nitrogen and oxygen atoms in total. The molecule has 0 spiro atoms. The van der Waals surface area contributed by atoms with E-state index in [-0.39, 0.29) is 11.2 Å². The first-order chi connectivity index (χ1) is 12.7. The Kier molecular flexibility index (Phi) is 5.11. The van der Waals surface area contributed by atoms with E-state index < -0.39 is 0 Å². The highest BCUT2D eigenvalue weighted by Crippen LogP contribution is 2.32. The van der Waals surface area contributed by atoms with Crippen LogP contribution in [0, 0.1) is 12.3 Å². The van der Waals surface area contributed by atoms with E-state index in [0.717, 1.165) is 33.4 Å². The van der Waals surface area contributed by atoms with Crippen LogP contribution in [0.1, 0.15) is 49.6 Å². The molecule has 3 rings (SSSR count). The zero-order valence-corrected chi connectivity index (χ0v) is 16.8. The molecular formula is C21H26N4O2. The SMILES string of the molecule is COCc1cc(-c2cnc(C)nc2)cc2c(C(C)=O)nn(CC(C)(C)C)c12. The second kappa shape index (κ2) is 7.19. The highest BCUT2D eigenvalue weighted by atomic mass is 16.5. The highest BCUT2D eigenvalue weighted by Gasteiger charge is 2.22. The van der Waals surface area contributed by atoms with Crippen molar-refractivity contribution in [2.45, 2.75) is 47.8 Å². The summed E-state index contributed by atoms with van der Waals surface area (Å²) in [6.07, 6.45) is 3.60. The summed E-state index contributed by atoms with van der Waals surface area (Å²) in [4.78, 5) is 20.9. The number of ketones is 1. The van der Waals surface area contributed by atoms with E-state index in [1.807, 2.05) is 17.7 Å². The summed E-state index contributed by atoms with van der Waals surface area (Å²) in [5.74, 6) is 0.674. The number of fused-ring (bicyclic) bond motifs is 1. The Morgan fingerprint density at radius 3 is 2.37 bits per heavy atom. The minimum atomic E-state index is -0.0478. The van der Waals surface area contributed by atoms with Crippen molar-refractivity contribution in [2.75, 3.05) is 7.11 Å². The minimum absolute atomic E-state index is 0.0286. The lowest BCUT2D eigenvalue weighted by molar-refractivity contribution is 0.101. The number of rotatable bonds is 5. The Morgan fingerprint density at radius 1 is 1.15 bits per heavy atom. The Labute approximate surface area is 159 Å². The maximum absolute atomic E-state index is 12.3. The van der Waals surface area contributed by atoms with Crippen LogP contribution in [0.25, 0.3) is 22.0 Å². The first-order valence-corrected chi connectivity index (χ1v) is 9.02. The van der Waals surface area contributed by atoms with Crippen LogP contribution >= 0.6 is 0 Å². The largest absolute Gasteiger partial charge is 0.380 e. The summed E-state index contributed by atoms with van der Waals surface area (Å²) < 4.78 is 7.38. The van der Waals surface area contributed by atoms with Gasteiger partial charge in [-0.05, 0) is 30.0 Å². The number of nitrogens with zero attached hydrogens (tertiary/aromatic N) is 4. The lowest BCUT2D eigenvalue weighted by atomic mass is 9.96. The van der Waals surface area contributed by atoms with E-state index in [0.29, 0.717) is 18.8 Å². The van der Waals surface area contributed by atoms with Crippen LogP contribution in [-0.4, -0.2) is 32.6 Å². The van der Waals surface area contributed by atoms with Gasteiger partial charge in [-0.3, -0.25) is 9.48 Å². The van der Waals surface area contributed by atoms with Gasteiger partial charge in [0.25, 0.3) is 0 Å². The van der Waals surface area contributed by atoms with Gasteiger partial charge in [0.2, 0.25) is 0 Å². The molecular weight excluding hydrogens is 340 g/mol. The van der Waals surface area contributed by atoms with Crippen molar-refractivity contribution < 1.29 is 9.53 Å². The van der Waals surface area contributed by atoms with Gasteiger partial charge in [0.05, 0.1) is 12.1 Å². The van der Waals surface area contributed by atoms with Gasteiger partial charge in [-0.25, -0.2) is 9.97 Å². The maximum Gasteiger partial charge on any atom is 0.180 e. The van der Waals surface area contributed by atoms with Crippen LogP contribution in [0.15, 0.2) is 24.5 Å². The van der Waals surface area contributed by atoms with Gasteiger partial charge >= 0.3 is 0 Å². The molecule has 2 aromatic heterocycles. The normalized spacial score (nSPS) is 11.9. The Balaban J connectivity index is 2.29. The molecule has 142 valence electrons. The summed E-state index contributed by atoms with van der Waals surface area (Å²) in [7, 11) is 1.67. The molecule has 0 amide bonds. The number of aryl methyl sites for hydroxylation is 1. The van der Waals surface area contributed by atoms with Crippen molar-refractivity contribution in [3.63, 3.8) is 0 Å². The van der Waals surface area contributed by atoms with Gasteiger partial charge in [0.1, 0.15) is 11.5 Å². The predicted molar refractivity (Wildman–Crippen MR) is 106 cm³/mol. The third-order valence-electron chi connectivity index (χ3n) is 4.29. The van der Waals surface area contributed by atoms with Crippen LogP contribution in [0.3, 0.4) is 0 Å². The molecule has 0 aliphatic heterocycles. The third-order valence-corrected chi connectivity index (χ3v) is 4.29. The van der Waals surface area contributed by atoms with Crippen LogP contribution in [0.4, 0.5) is 0 Å². The van der Waals surface area contributed by atoms with Gasteiger partial charge < -0.3 is 4.74 Å². The van der Waals surface area contributed by atoms with E-state index in [1.54, 1.807) is 26.4 Å². The fourth-order valence-electron chi connectivity index (χ4n) is 3.20. The van der Waals surface area contributed by atoms with Crippen LogP contribution < -0.4 is 0 Å². The molecule has 0 aliphatic carbocycles. The molecule has 0 saturated carbocycles. The molecule has 0 N–H and O–H groups in total. The van der Waals surface area contributed by atoms with E-state index in [4.69, 9.17) is 4.74 Å². The molecule has 0 aliphatic rings. The number of ether oxygens (including phenoxy) is 1. The van der Waals surface area contributed by atoms with Gasteiger partial charge in [0, 0.05) is 49.5 Å². The predicted octanol–water partition coefficient (Wildman–Crippen LogP) is 4.20. The molecule has 0 unspecified atom stereocenters. The number of carbonyl (C=O) groups excluding carboxylic acids is 1. The lowest BCUT2D eigenvalue weighted by Crippen LogP contribution is -2.17. The number of aromatic nitrogens is 4. The Bertz CT molecular complexity index is 982. The zero-order valence-electron chi connectivity index (χ0n) is 16.8. The van der Waals surface area contributed by atoms with Gasteiger partial charge in [0.15, 0.2) is 5.78 Å². The first-order valence-electron chi connectivity index (χ1n) is 9.02. The highest BCUT2D eigenvalue weighted by molar-refractivity contribution is 6.06. The molecule has 0 bridgehead atoms. The molecule has 0 saturated heterocycles. The monoisotopic (exact) mass is 366 g/mol. The van der Waals surface area contributed by atoms with E-state index in [9.17, 15) is 4.79 Å². The second-order valence-corrected chi connectivity index (χ2v) is 8.11. The Morgan fingerprint density at radius 2 is 1.81 bits per heavy atom. The molecule has 1 aromatic carbocycles. The van der Waals surface area contributed by atoms with Crippen LogP contribution in [-0.2, 0) is 17.9 Å². The van der Waals surface area contributed by atoms with Crippen LogP contribution in [0.5, 0.6) is 0 Å². The standard InChI is InChI=1S/C21H26N4O2/c1-13(26)19-18-8-15(17-9-22-14(2)23-10-17)7-16(11-27-6)20(18)25(24-19)12-21(3,4)5/h7-10H,11-12H2,1-6H3. The van der Waals surface area contributed by atoms with E-state index >= 15 is 0 Å². The number of hydrogen-bond acceptors (Lipinski definition) is 5. The molecule has 0 atom stereocenters. The summed E-state index contributed by atoms with van der Waals surface area (Å²) in [6.45, 7) is 11.0. The summed E-state index contributed by atoms with van der Waals surface area (Å²) in [6, 6.07) is 4.08. The van der Waals surface area contributed by atoms with Gasteiger partial charge in [-0.15, -0.1) is 0 Å². The fraction of sp³-hybridized carbons (Fsp3) is 0.429. The van der Waals surface area contributed by atoms with Gasteiger partial charge in [-0.1, -0.05) is 20.8 Å². The van der Waals surface area contributed by atoms with Crippen LogP contribution in [0.2, 0.25) is 0 Å². The maximum atomic E-state index is 12.3. The first kappa shape index (κ1) is 19.2. The number of methoxy groups -OCH3 is 1. The summed E-state index contributed by atoms with van der Waals surface area (Å²) in [5, 5.41) is 5.49. The zero-order chi connectivity index (χ0) is 19.8. The van der Waals surface area contributed by atoms with Crippen molar-refractivity contribution in [3.05, 3.63) is 41.6 Å². The summed E-state index contributed by atoms with van der Waals surface area (Å²) >= 11 is 0. The second-order valence-electron chi connectivity index (χ2n) is 8.11. The molecule has 27 heavy (non-hydrogen) atoms. The molecule has 6 heteroatoms. The van der Waals surface area contributed by atoms with Crippen molar-refractivity contribution in [1.82, 2.24) is 19.7 Å². The fourth-order valence-corrected chi connectivity index (χ4v) is 3.20. The van der Waals surface area contributed by atoms with E-state index in [1.165, 1.54) is 0 Å². The molecule has 0 radical (unpaired) electrons. The van der Waals surface area contributed by atoms with Gasteiger partial charge in [-0.2, -0.15) is 5.10 Å². The minimum Gasteiger partial charge on any atom is -0.380 e. The van der Waals surface area contributed by atoms with Crippen molar-refractivity contribution >= 4 is 16.7 Å². The molecule has 2 heterocycles. The van der Waals surface area contributed by atoms with Crippen molar-refractivity contribution in [2.24, 2.45) is 5.41 Å². The number of carbonyl (C=O) groups is 1. The lowest BCUT2D eigenvalue weighted by Gasteiger charge is -2.19.